The van der Waals surface area contributed by atoms with Gasteiger partial charge in [0.05, 0.1) is 25.8 Å². The van der Waals surface area contributed by atoms with E-state index in [4.69, 9.17) is 9.73 Å². The molecule has 3 N–H and O–H groups in total. The van der Waals surface area contributed by atoms with Crippen molar-refractivity contribution >= 4 is 41.5 Å². The number of nitrogens with one attached hydrogen (secondary N) is 3. The third-order valence-electron chi connectivity index (χ3n) is 6.30. The van der Waals surface area contributed by atoms with E-state index in [9.17, 15) is 4.79 Å². The number of ether oxygens (including phenoxy) is 1. The summed E-state index contributed by atoms with van der Waals surface area (Å²) in [5.41, 5.74) is 4.63. The Morgan fingerprint density at radius 2 is 1.97 bits per heavy atom. The average molecular weight is 578 g/mol. The summed E-state index contributed by atoms with van der Waals surface area (Å²) >= 11 is 0. The molecule has 34 heavy (non-hydrogen) atoms. The van der Waals surface area contributed by atoms with Crippen molar-refractivity contribution in [3.63, 3.8) is 0 Å². The first kappa shape index (κ1) is 26.4. The number of fused-ring (bicyclic) bond motifs is 1. The number of morpholine rings is 1. The van der Waals surface area contributed by atoms with Crippen LogP contribution in [0.4, 0.5) is 5.69 Å². The summed E-state index contributed by atoms with van der Waals surface area (Å²) in [5, 5.41) is 9.84. The number of carbonyl (C=O) groups excluding carboxylic acids is 1. The predicted molar refractivity (Wildman–Crippen MR) is 148 cm³/mol. The van der Waals surface area contributed by atoms with Gasteiger partial charge < -0.3 is 20.7 Å². The van der Waals surface area contributed by atoms with E-state index in [1.165, 1.54) is 16.7 Å². The third-order valence-corrected chi connectivity index (χ3v) is 6.30. The quantitative estimate of drug-likeness (QED) is 0.266. The monoisotopic (exact) mass is 577 g/mol. The molecule has 1 fully saturated rings. The Bertz CT molecular complexity index is 977. The van der Waals surface area contributed by atoms with E-state index in [-0.39, 0.29) is 41.8 Å². The van der Waals surface area contributed by atoms with Crippen molar-refractivity contribution in [1.29, 1.82) is 0 Å². The van der Waals surface area contributed by atoms with Gasteiger partial charge in [-0.3, -0.25) is 14.7 Å². The zero-order chi connectivity index (χ0) is 23.0. The summed E-state index contributed by atoms with van der Waals surface area (Å²) in [6.07, 6.45) is 0.475. The van der Waals surface area contributed by atoms with Crippen LogP contribution in [-0.2, 0) is 9.53 Å². The SMILES string of the molecule is CCNC(=NCC(c1cccc(C)c1)N1CCOCC1)NCC1CC(=O)Nc2ccccc21.I. The molecule has 0 spiro atoms. The molecule has 2 aliphatic rings. The Kier molecular flexibility index (Phi) is 10.2. The average Bonchev–Trinajstić information content (AvgIpc) is 2.83. The first-order chi connectivity index (χ1) is 16.1. The number of anilines is 1. The summed E-state index contributed by atoms with van der Waals surface area (Å²) in [6.45, 7) is 9.62. The van der Waals surface area contributed by atoms with Gasteiger partial charge in [0.25, 0.3) is 0 Å². The maximum atomic E-state index is 12.2. The van der Waals surface area contributed by atoms with Crippen molar-refractivity contribution < 1.29 is 9.53 Å². The second kappa shape index (κ2) is 13.1. The predicted octanol–water partition coefficient (Wildman–Crippen LogP) is 3.67. The number of para-hydroxylation sites is 1. The Morgan fingerprint density at radius 3 is 2.74 bits per heavy atom. The van der Waals surface area contributed by atoms with Crippen LogP contribution in [0.1, 0.15) is 42.0 Å². The van der Waals surface area contributed by atoms with Crippen molar-refractivity contribution in [2.24, 2.45) is 4.99 Å². The molecule has 0 aliphatic carbocycles. The molecule has 7 nitrogen and oxygen atoms in total. The molecule has 0 bridgehead atoms. The van der Waals surface area contributed by atoms with Gasteiger partial charge in [-0.05, 0) is 31.0 Å². The second-order valence-electron chi connectivity index (χ2n) is 8.72. The number of carbonyl (C=O) groups is 1. The van der Waals surface area contributed by atoms with Crippen molar-refractivity contribution in [2.75, 3.05) is 51.3 Å². The number of hydrogen-bond donors (Lipinski definition) is 3. The minimum Gasteiger partial charge on any atom is -0.379 e. The van der Waals surface area contributed by atoms with Gasteiger partial charge in [0.15, 0.2) is 5.96 Å². The summed E-state index contributed by atoms with van der Waals surface area (Å²) in [6, 6.07) is 16.9. The van der Waals surface area contributed by atoms with Gasteiger partial charge in [0.2, 0.25) is 5.91 Å². The van der Waals surface area contributed by atoms with Crippen molar-refractivity contribution in [3.05, 3.63) is 65.2 Å². The van der Waals surface area contributed by atoms with Gasteiger partial charge in [-0.1, -0.05) is 48.0 Å². The van der Waals surface area contributed by atoms with Gasteiger partial charge in [-0.15, -0.1) is 24.0 Å². The highest BCUT2D eigenvalue weighted by Gasteiger charge is 2.25. The van der Waals surface area contributed by atoms with Gasteiger partial charge in [-0.25, -0.2) is 0 Å². The molecule has 0 radical (unpaired) electrons. The van der Waals surface area contributed by atoms with Crippen LogP contribution < -0.4 is 16.0 Å². The first-order valence-corrected chi connectivity index (χ1v) is 11.9. The number of amides is 1. The lowest BCUT2D eigenvalue weighted by Crippen LogP contribution is -2.43. The molecular formula is C26H36IN5O2. The topological polar surface area (TPSA) is 78.0 Å². The van der Waals surface area contributed by atoms with E-state index in [1.54, 1.807) is 0 Å². The lowest BCUT2D eigenvalue weighted by molar-refractivity contribution is -0.116. The summed E-state index contributed by atoms with van der Waals surface area (Å²) in [4.78, 5) is 19.6. The van der Waals surface area contributed by atoms with Gasteiger partial charge >= 0.3 is 0 Å². The number of guanidine groups is 1. The molecule has 2 unspecified atom stereocenters. The molecule has 2 aromatic rings. The molecule has 1 saturated heterocycles. The normalized spacial score (nSPS) is 19.4. The molecule has 2 atom stereocenters. The van der Waals surface area contributed by atoms with Crippen molar-refractivity contribution in [1.82, 2.24) is 15.5 Å². The fourth-order valence-corrected chi connectivity index (χ4v) is 4.62. The Hall–Kier alpha value is -2.17. The molecule has 8 heteroatoms. The lowest BCUT2D eigenvalue weighted by atomic mass is 9.90. The second-order valence-corrected chi connectivity index (χ2v) is 8.72. The Labute approximate surface area is 219 Å². The highest BCUT2D eigenvalue weighted by Crippen LogP contribution is 2.31. The maximum Gasteiger partial charge on any atom is 0.225 e. The molecule has 184 valence electrons. The number of rotatable bonds is 7. The van der Waals surface area contributed by atoms with E-state index >= 15 is 0 Å². The zero-order valence-electron chi connectivity index (χ0n) is 20.0. The lowest BCUT2D eigenvalue weighted by Gasteiger charge is -2.34. The number of aryl methyl sites for hydroxylation is 1. The number of nitrogens with zero attached hydrogens (tertiary/aromatic N) is 2. The van der Waals surface area contributed by atoms with E-state index in [0.29, 0.717) is 19.5 Å². The fourth-order valence-electron chi connectivity index (χ4n) is 4.62. The molecular weight excluding hydrogens is 541 g/mol. The van der Waals surface area contributed by atoms with Crippen LogP contribution in [0.5, 0.6) is 0 Å². The molecule has 2 aromatic carbocycles. The number of aliphatic imine (C=N–C) groups is 1. The molecule has 4 rings (SSSR count). The fraction of sp³-hybridized carbons (Fsp3) is 0.462. The Balaban J connectivity index is 0.00000324. The molecule has 2 heterocycles. The van der Waals surface area contributed by atoms with Crippen molar-refractivity contribution in [2.45, 2.75) is 32.2 Å². The minimum absolute atomic E-state index is 0. The zero-order valence-corrected chi connectivity index (χ0v) is 22.4. The smallest absolute Gasteiger partial charge is 0.225 e. The van der Waals surface area contributed by atoms with Gasteiger partial charge in [-0.2, -0.15) is 0 Å². The van der Waals surface area contributed by atoms with Crippen LogP contribution >= 0.6 is 24.0 Å². The van der Waals surface area contributed by atoms with Crippen LogP contribution in [0.3, 0.4) is 0 Å². The summed E-state index contributed by atoms with van der Waals surface area (Å²) < 4.78 is 5.58. The van der Waals surface area contributed by atoms with E-state index in [2.05, 4.69) is 65.0 Å². The maximum absolute atomic E-state index is 12.2. The first-order valence-electron chi connectivity index (χ1n) is 11.9. The van der Waals surface area contributed by atoms with Crippen LogP contribution in [0.15, 0.2) is 53.5 Å². The van der Waals surface area contributed by atoms with Gasteiger partial charge in [0, 0.05) is 44.2 Å². The van der Waals surface area contributed by atoms with E-state index in [1.807, 2.05) is 18.2 Å². The molecule has 1 amide bonds. The highest BCUT2D eigenvalue weighted by molar-refractivity contribution is 14.0. The molecule has 2 aliphatic heterocycles. The van der Waals surface area contributed by atoms with Crippen molar-refractivity contribution in [3.8, 4) is 0 Å². The number of halogens is 1. The largest absolute Gasteiger partial charge is 0.379 e. The number of benzene rings is 2. The highest BCUT2D eigenvalue weighted by atomic mass is 127. The van der Waals surface area contributed by atoms with Crippen LogP contribution in [0.2, 0.25) is 0 Å². The van der Waals surface area contributed by atoms with E-state index < -0.39 is 0 Å². The van der Waals surface area contributed by atoms with Crippen LogP contribution in [0.25, 0.3) is 0 Å². The third kappa shape index (κ3) is 6.93. The summed E-state index contributed by atoms with van der Waals surface area (Å²) in [7, 11) is 0. The van der Waals surface area contributed by atoms with Crippen LogP contribution in [-0.4, -0.2) is 62.7 Å². The standard InChI is InChI=1S/C26H35N5O2.HI/c1-3-27-26(28-17-21-16-25(32)30-23-10-5-4-9-22(21)23)29-18-24(31-11-13-33-14-12-31)20-8-6-7-19(2)15-20;/h4-10,15,21,24H,3,11-14,16-18H2,1-2H3,(H,30,32)(H2,27,28,29);1H. The van der Waals surface area contributed by atoms with Crippen LogP contribution in [0, 0.1) is 6.92 Å². The summed E-state index contributed by atoms with van der Waals surface area (Å²) in [5.74, 6) is 0.965. The van der Waals surface area contributed by atoms with Gasteiger partial charge in [0.1, 0.15) is 0 Å². The molecule has 0 aromatic heterocycles. The minimum atomic E-state index is 0. The number of hydrogen-bond acceptors (Lipinski definition) is 4. The Morgan fingerprint density at radius 1 is 1.18 bits per heavy atom. The van der Waals surface area contributed by atoms with E-state index in [0.717, 1.165) is 44.5 Å². The molecule has 0 saturated carbocycles.